The van der Waals surface area contributed by atoms with Gasteiger partial charge in [-0.15, -0.1) is 0 Å². The molecule has 0 bridgehead atoms. The van der Waals surface area contributed by atoms with Crippen molar-refractivity contribution in [2.75, 3.05) is 36.0 Å². The van der Waals surface area contributed by atoms with Crippen molar-refractivity contribution in [3.8, 4) is 0 Å². The first-order chi connectivity index (χ1) is 19.4. The quantitative estimate of drug-likeness (QED) is 0.115. The standard InChI is InChI=1S/C30H38N8S2.2CH3/c1-7-35-13-15-39-29(35)33-31-25-17-23(5)27(19-21(25)3)37-9-11-38(12-10-37)28-20-22(4)26(18-24(28)6)32-34-30-36(8-2)14-16-40-30;;/h13-20H,7-12H2,1-6H3;2*1H3/q+2;2*-1. The predicted octanol–water partition coefficient (Wildman–Crippen LogP) is 8.72. The average molecular weight is 605 g/mol. The fourth-order valence-electron chi connectivity index (χ4n) is 5.09. The Kier molecular flexibility index (Phi) is 11.5. The van der Waals surface area contributed by atoms with Gasteiger partial charge in [-0.2, -0.15) is 0 Å². The molecule has 0 spiro atoms. The highest BCUT2D eigenvalue weighted by atomic mass is 32.1. The molecule has 42 heavy (non-hydrogen) atoms. The Labute approximate surface area is 259 Å². The van der Waals surface area contributed by atoms with E-state index < -0.39 is 0 Å². The number of anilines is 2. The minimum atomic E-state index is 0. The zero-order valence-electron chi connectivity index (χ0n) is 26.3. The lowest BCUT2D eigenvalue weighted by Gasteiger charge is -2.39. The van der Waals surface area contributed by atoms with Crippen LogP contribution in [0.5, 0.6) is 0 Å². The number of hydrogen-bond donors (Lipinski definition) is 0. The van der Waals surface area contributed by atoms with E-state index in [2.05, 4.69) is 128 Å². The molecule has 0 unspecified atom stereocenters. The molecule has 0 aliphatic carbocycles. The molecule has 1 fully saturated rings. The van der Waals surface area contributed by atoms with Crippen molar-refractivity contribution in [1.29, 1.82) is 0 Å². The van der Waals surface area contributed by atoms with Gasteiger partial charge in [0.25, 0.3) is 0 Å². The van der Waals surface area contributed by atoms with Crippen LogP contribution in [-0.2, 0) is 13.1 Å². The van der Waals surface area contributed by atoms with E-state index in [0.29, 0.717) is 0 Å². The Hall–Kier alpha value is -3.50. The molecule has 0 amide bonds. The predicted molar refractivity (Wildman–Crippen MR) is 178 cm³/mol. The maximum absolute atomic E-state index is 4.59. The van der Waals surface area contributed by atoms with Gasteiger partial charge < -0.3 is 24.7 Å². The zero-order chi connectivity index (χ0) is 28.2. The summed E-state index contributed by atoms with van der Waals surface area (Å²) in [6.07, 6.45) is 4.10. The SMILES string of the molecule is CC[n+]1ccsc1N=Nc1cc(C)c(N2CCN(c3cc(C)c(N=Nc4scc[n+]4CC)cc3C)CC2)cc1C.[CH3-].[CH3-]. The Morgan fingerprint density at radius 3 is 1.33 bits per heavy atom. The molecular weight excluding hydrogens is 561 g/mol. The summed E-state index contributed by atoms with van der Waals surface area (Å²) in [5.41, 5.74) is 9.21. The summed E-state index contributed by atoms with van der Waals surface area (Å²) in [6.45, 7) is 18.5. The van der Waals surface area contributed by atoms with Crippen molar-refractivity contribution in [2.24, 2.45) is 20.5 Å². The molecule has 1 aliphatic heterocycles. The Balaban J connectivity index is 0.00000242. The number of piperazine rings is 1. The highest BCUT2D eigenvalue weighted by Gasteiger charge is 2.22. The van der Waals surface area contributed by atoms with Crippen LogP contribution >= 0.6 is 22.7 Å². The first-order valence-corrected chi connectivity index (χ1v) is 15.6. The molecule has 0 radical (unpaired) electrons. The van der Waals surface area contributed by atoms with Gasteiger partial charge in [0.1, 0.15) is 23.8 Å². The number of benzene rings is 2. The molecule has 0 saturated carbocycles. The van der Waals surface area contributed by atoms with Crippen LogP contribution in [-0.4, -0.2) is 26.2 Å². The first-order valence-electron chi connectivity index (χ1n) is 13.9. The van der Waals surface area contributed by atoms with Crippen LogP contribution in [0.1, 0.15) is 36.1 Å². The van der Waals surface area contributed by atoms with Gasteiger partial charge in [0.05, 0.1) is 23.3 Å². The van der Waals surface area contributed by atoms with Crippen LogP contribution in [0.4, 0.5) is 33.0 Å². The van der Waals surface area contributed by atoms with Gasteiger partial charge in [0, 0.05) is 48.3 Å². The molecular formula is C32H44N8S2. The first kappa shape index (κ1) is 33.0. The molecule has 3 heterocycles. The lowest BCUT2D eigenvalue weighted by Crippen LogP contribution is -2.47. The second-order valence-electron chi connectivity index (χ2n) is 10.2. The largest absolute Gasteiger partial charge is 0.408 e. The molecule has 0 N–H and O–H groups in total. The molecule has 224 valence electrons. The molecule has 1 aliphatic rings. The second kappa shape index (κ2) is 14.6. The highest BCUT2D eigenvalue weighted by molar-refractivity contribution is 7.13. The van der Waals surface area contributed by atoms with Gasteiger partial charge in [0.15, 0.2) is 0 Å². The Morgan fingerprint density at radius 1 is 0.595 bits per heavy atom. The van der Waals surface area contributed by atoms with Crippen molar-refractivity contribution in [2.45, 2.75) is 54.6 Å². The second-order valence-corrected chi connectivity index (χ2v) is 11.9. The maximum atomic E-state index is 4.59. The Bertz CT molecular complexity index is 1430. The van der Waals surface area contributed by atoms with E-state index in [1.807, 2.05) is 0 Å². The number of nitrogens with zero attached hydrogens (tertiary/aromatic N) is 8. The molecule has 2 aromatic carbocycles. The molecule has 8 nitrogen and oxygen atoms in total. The van der Waals surface area contributed by atoms with Gasteiger partial charge in [-0.1, -0.05) is 0 Å². The van der Waals surface area contributed by atoms with Crippen LogP contribution in [0.3, 0.4) is 0 Å². The molecule has 1 saturated heterocycles. The van der Waals surface area contributed by atoms with Crippen LogP contribution in [0.2, 0.25) is 0 Å². The van der Waals surface area contributed by atoms with E-state index in [1.165, 1.54) is 22.5 Å². The molecule has 4 aromatic rings. The normalized spacial score (nSPS) is 13.6. The fourth-order valence-corrected chi connectivity index (χ4v) is 6.57. The van der Waals surface area contributed by atoms with Gasteiger partial charge in [-0.3, -0.25) is 0 Å². The van der Waals surface area contributed by atoms with Crippen molar-refractivity contribution in [1.82, 2.24) is 0 Å². The molecule has 5 rings (SSSR count). The lowest BCUT2D eigenvalue weighted by molar-refractivity contribution is -0.677. The van der Waals surface area contributed by atoms with Crippen molar-refractivity contribution in [3.05, 3.63) is 84.5 Å². The summed E-state index contributed by atoms with van der Waals surface area (Å²) in [5.74, 6) is 0. The monoisotopic (exact) mass is 604 g/mol. The molecule has 0 atom stereocenters. The summed E-state index contributed by atoms with van der Waals surface area (Å²) in [6, 6.07) is 8.88. The number of hydrogen-bond acceptors (Lipinski definition) is 8. The van der Waals surface area contributed by atoms with Gasteiger partial charge in [-0.05, 0) is 121 Å². The third-order valence-corrected chi connectivity index (χ3v) is 9.05. The molecule has 2 aromatic heterocycles. The maximum Gasteiger partial charge on any atom is 0.408 e. The average Bonchev–Trinajstić information content (AvgIpc) is 3.62. The van der Waals surface area contributed by atoms with E-state index in [-0.39, 0.29) is 14.9 Å². The number of thiazole rings is 2. The van der Waals surface area contributed by atoms with E-state index in [1.54, 1.807) is 22.7 Å². The zero-order valence-corrected chi connectivity index (χ0v) is 27.9. The summed E-state index contributed by atoms with van der Waals surface area (Å²) in [5, 5.41) is 24.2. The number of rotatable bonds is 8. The smallest absolute Gasteiger partial charge is 0.368 e. The Morgan fingerprint density at radius 2 is 0.976 bits per heavy atom. The van der Waals surface area contributed by atoms with Crippen LogP contribution in [0.15, 0.2) is 67.9 Å². The summed E-state index contributed by atoms with van der Waals surface area (Å²) < 4.78 is 4.22. The molecule has 10 heteroatoms. The van der Waals surface area contributed by atoms with Crippen molar-refractivity contribution in [3.63, 3.8) is 0 Å². The van der Waals surface area contributed by atoms with Crippen LogP contribution in [0, 0.1) is 42.5 Å². The highest BCUT2D eigenvalue weighted by Crippen LogP contribution is 2.34. The summed E-state index contributed by atoms with van der Waals surface area (Å²) in [4.78, 5) is 5.00. The van der Waals surface area contributed by atoms with Gasteiger partial charge in [0.2, 0.25) is 0 Å². The van der Waals surface area contributed by atoms with E-state index in [0.717, 1.165) is 72.0 Å². The van der Waals surface area contributed by atoms with E-state index in [4.69, 9.17) is 0 Å². The van der Waals surface area contributed by atoms with E-state index >= 15 is 0 Å². The summed E-state index contributed by atoms with van der Waals surface area (Å²) >= 11 is 3.22. The third kappa shape index (κ3) is 7.10. The fraction of sp³-hybridized carbons (Fsp3) is 0.375. The topological polar surface area (TPSA) is 63.7 Å². The van der Waals surface area contributed by atoms with Crippen molar-refractivity contribution >= 4 is 55.7 Å². The third-order valence-electron chi connectivity index (χ3n) is 7.48. The number of azo groups is 2. The van der Waals surface area contributed by atoms with Gasteiger partial charge in [-0.25, -0.2) is 9.13 Å². The van der Waals surface area contributed by atoms with Crippen LogP contribution in [0.25, 0.3) is 0 Å². The van der Waals surface area contributed by atoms with Gasteiger partial charge >= 0.3 is 10.3 Å². The minimum absolute atomic E-state index is 0. The van der Waals surface area contributed by atoms with Crippen LogP contribution < -0.4 is 18.9 Å². The number of aryl methyl sites for hydroxylation is 6. The lowest BCUT2D eigenvalue weighted by atomic mass is 10.1. The minimum Gasteiger partial charge on any atom is -0.368 e. The van der Waals surface area contributed by atoms with E-state index in [9.17, 15) is 0 Å². The summed E-state index contributed by atoms with van der Waals surface area (Å²) in [7, 11) is 0. The van der Waals surface area contributed by atoms with Crippen molar-refractivity contribution < 1.29 is 9.13 Å². The number of aromatic nitrogens is 2.